The molecule has 0 fully saturated rings. The van der Waals surface area contributed by atoms with Gasteiger partial charge in [-0.05, 0) is 44.2 Å². The molecular formula is C21H20ClF2NO. The van der Waals surface area contributed by atoms with Crippen molar-refractivity contribution in [3.05, 3.63) is 75.8 Å². The molecule has 1 aliphatic heterocycles. The normalized spacial score (nSPS) is 14.5. The number of halogens is 3. The molecule has 2 nitrogen and oxygen atoms in total. The van der Waals surface area contributed by atoms with Crippen molar-refractivity contribution < 1.29 is 13.5 Å². The Morgan fingerprint density at radius 1 is 1.15 bits per heavy atom. The van der Waals surface area contributed by atoms with E-state index in [9.17, 15) is 8.78 Å². The Bertz CT molecular complexity index is 885. The molecule has 0 bridgehead atoms. The molecule has 0 N–H and O–H groups in total. The van der Waals surface area contributed by atoms with Crippen LogP contribution in [0.4, 0.5) is 8.78 Å². The predicted molar refractivity (Wildman–Crippen MR) is 102 cm³/mol. The summed E-state index contributed by atoms with van der Waals surface area (Å²) in [6, 6.07) is 9.19. The zero-order valence-electron chi connectivity index (χ0n) is 14.9. The quantitative estimate of drug-likeness (QED) is 0.672. The van der Waals surface area contributed by atoms with Crippen molar-refractivity contribution in [2.75, 3.05) is 20.2 Å². The third kappa shape index (κ3) is 3.34. The summed E-state index contributed by atoms with van der Waals surface area (Å²) < 4.78 is 34.5. The largest absolute Gasteiger partial charge is 0.497 e. The highest BCUT2D eigenvalue weighted by molar-refractivity contribution is 6.33. The van der Waals surface area contributed by atoms with Gasteiger partial charge in [0.05, 0.1) is 18.4 Å². The van der Waals surface area contributed by atoms with E-state index in [0.717, 1.165) is 5.57 Å². The molecule has 5 heteroatoms. The van der Waals surface area contributed by atoms with E-state index in [1.165, 1.54) is 18.2 Å². The summed E-state index contributed by atoms with van der Waals surface area (Å²) >= 11 is 6.43. The van der Waals surface area contributed by atoms with Crippen LogP contribution in [-0.2, 0) is 0 Å². The van der Waals surface area contributed by atoms with Crippen LogP contribution in [0, 0.1) is 11.6 Å². The van der Waals surface area contributed by atoms with Crippen molar-refractivity contribution in [1.29, 1.82) is 0 Å². The van der Waals surface area contributed by atoms with Crippen molar-refractivity contribution in [3.8, 4) is 5.75 Å². The average Bonchev–Trinajstić information content (AvgIpc) is 2.62. The number of ether oxygens (including phenoxy) is 1. The van der Waals surface area contributed by atoms with Gasteiger partial charge in [0.15, 0.2) is 0 Å². The number of allylic oxidation sites excluding steroid dienone is 2. The number of nitrogens with zero attached hydrogens (tertiary/aromatic N) is 1. The lowest BCUT2D eigenvalue weighted by Gasteiger charge is -2.33. The Hall–Kier alpha value is -2.33. The Balaban J connectivity index is 2.37. The zero-order chi connectivity index (χ0) is 18.8. The lowest BCUT2D eigenvalue weighted by Crippen LogP contribution is -2.28. The van der Waals surface area contributed by atoms with Gasteiger partial charge in [-0.15, -0.1) is 0 Å². The SMILES string of the molecule is CCN1CC(C)=CC(c2cc(OC)ccc2Cl)=C1c1c(F)cccc1F. The minimum atomic E-state index is -0.595. The maximum Gasteiger partial charge on any atom is 0.135 e. The van der Waals surface area contributed by atoms with E-state index in [1.807, 2.05) is 24.8 Å². The van der Waals surface area contributed by atoms with Crippen LogP contribution in [0.5, 0.6) is 5.75 Å². The molecule has 0 spiro atoms. The molecule has 0 saturated carbocycles. The van der Waals surface area contributed by atoms with E-state index >= 15 is 0 Å². The molecule has 0 amide bonds. The molecule has 3 rings (SSSR count). The van der Waals surface area contributed by atoms with Crippen molar-refractivity contribution >= 4 is 22.9 Å². The summed E-state index contributed by atoms with van der Waals surface area (Å²) in [5.74, 6) is -0.559. The van der Waals surface area contributed by atoms with Gasteiger partial charge in [-0.2, -0.15) is 0 Å². The Labute approximate surface area is 157 Å². The maximum atomic E-state index is 14.6. The third-order valence-corrected chi connectivity index (χ3v) is 4.78. The molecule has 1 heterocycles. The van der Waals surface area contributed by atoms with Gasteiger partial charge in [-0.25, -0.2) is 8.78 Å². The van der Waals surface area contributed by atoms with Crippen LogP contribution in [-0.4, -0.2) is 25.1 Å². The summed E-state index contributed by atoms with van der Waals surface area (Å²) in [4.78, 5) is 1.96. The highest BCUT2D eigenvalue weighted by atomic mass is 35.5. The molecular weight excluding hydrogens is 356 g/mol. The fraction of sp³-hybridized carbons (Fsp3) is 0.238. The second-order valence-corrected chi connectivity index (χ2v) is 6.62. The number of hydrogen-bond donors (Lipinski definition) is 0. The molecule has 2 aromatic carbocycles. The van der Waals surface area contributed by atoms with Crippen LogP contribution >= 0.6 is 11.6 Å². The fourth-order valence-corrected chi connectivity index (χ4v) is 3.46. The van der Waals surface area contributed by atoms with Crippen molar-refractivity contribution in [2.45, 2.75) is 13.8 Å². The van der Waals surface area contributed by atoms with Gasteiger partial charge in [-0.3, -0.25) is 0 Å². The fourth-order valence-electron chi connectivity index (χ4n) is 3.24. The van der Waals surface area contributed by atoms with Crippen molar-refractivity contribution in [1.82, 2.24) is 4.90 Å². The number of hydrogen-bond acceptors (Lipinski definition) is 2. The predicted octanol–water partition coefficient (Wildman–Crippen LogP) is 5.78. The molecule has 136 valence electrons. The van der Waals surface area contributed by atoms with E-state index in [2.05, 4.69) is 0 Å². The van der Waals surface area contributed by atoms with Gasteiger partial charge in [0.2, 0.25) is 0 Å². The maximum absolute atomic E-state index is 14.6. The lowest BCUT2D eigenvalue weighted by molar-refractivity contribution is 0.414. The number of benzene rings is 2. The van der Waals surface area contributed by atoms with Gasteiger partial charge >= 0.3 is 0 Å². The minimum absolute atomic E-state index is 0.0352. The molecule has 0 aliphatic carbocycles. The highest BCUT2D eigenvalue weighted by Gasteiger charge is 2.26. The Morgan fingerprint density at radius 3 is 2.46 bits per heavy atom. The molecule has 26 heavy (non-hydrogen) atoms. The van der Waals surface area contributed by atoms with Crippen LogP contribution in [0.25, 0.3) is 11.3 Å². The lowest BCUT2D eigenvalue weighted by atomic mass is 9.92. The molecule has 2 aromatic rings. The zero-order valence-corrected chi connectivity index (χ0v) is 15.7. The summed E-state index contributed by atoms with van der Waals surface area (Å²) in [5.41, 5.74) is 2.92. The topological polar surface area (TPSA) is 12.5 Å². The van der Waals surface area contributed by atoms with Gasteiger partial charge in [0.1, 0.15) is 17.4 Å². The summed E-state index contributed by atoms with van der Waals surface area (Å²) in [5, 5.41) is 0.497. The number of rotatable bonds is 4. The first-order chi connectivity index (χ1) is 12.5. The van der Waals surface area contributed by atoms with E-state index < -0.39 is 11.6 Å². The van der Waals surface area contributed by atoms with Gasteiger partial charge in [0, 0.05) is 29.2 Å². The molecule has 0 aromatic heterocycles. The van der Waals surface area contributed by atoms with Gasteiger partial charge in [0.25, 0.3) is 0 Å². The Kier molecular flexibility index (Phi) is 5.33. The average molecular weight is 376 g/mol. The first-order valence-corrected chi connectivity index (χ1v) is 8.78. The third-order valence-electron chi connectivity index (χ3n) is 4.45. The Morgan fingerprint density at radius 2 is 1.85 bits per heavy atom. The van der Waals surface area contributed by atoms with Crippen LogP contribution < -0.4 is 4.74 Å². The summed E-state index contributed by atoms with van der Waals surface area (Å²) in [6.07, 6.45) is 1.94. The van der Waals surface area contributed by atoms with Crippen LogP contribution in [0.1, 0.15) is 25.0 Å². The molecule has 0 saturated heterocycles. The second kappa shape index (κ2) is 7.50. The summed E-state index contributed by atoms with van der Waals surface area (Å²) in [6.45, 7) is 5.16. The molecule has 0 unspecified atom stereocenters. The minimum Gasteiger partial charge on any atom is -0.497 e. The smallest absolute Gasteiger partial charge is 0.135 e. The van der Waals surface area contributed by atoms with Crippen LogP contribution in [0.15, 0.2) is 48.0 Å². The standard InChI is InChI=1S/C21H20ClF2NO/c1-4-25-12-13(2)10-16(15-11-14(26-3)8-9-17(15)22)21(25)20-18(23)6-5-7-19(20)24/h5-11H,4,12H2,1-3H3. The second-order valence-electron chi connectivity index (χ2n) is 6.21. The molecule has 0 atom stereocenters. The summed E-state index contributed by atoms with van der Waals surface area (Å²) in [7, 11) is 1.57. The van der Waals surface area contributed by atoms with E-state index in [4.69, 9.17) is 16.3 Å². The van der Waals surface area contributed by atoms with Crippen LogP contribution in [0.3, 0.4) is 0 Å². The van der Waals surface area contributed by atoms with Gasteiger partial charge < -0.3 is 9.64 Å². The number of methoxy groups -OCH3 is 1. The highest BCUT2D eigenvalue weighted by Crippen LogP contribution is 2.40. The monoisotopic (exact) mass is 375 g/mol. The van der Waals surface area contributed by atoms with E-state index in [-0.39, 0.29) is 5.56 Å². The first kappa shape index (κ1) is 18.5. The molecule has 1 aliphatic rings. The van der Waals surface area contributed by atoms with E-state index in [1.54, 1.807) is 25.3 Å². The molecule has 0 radical (unpaired) electrons. The van der Waals surface area contributed by atoms with Crippen molar-refractivity contribution in [2.24, 2.45) is 0 Å². The van der Waals surface area contributed by atoms with Gasteiger partial charge in [-0.1, -0.05) is 29.3 Å². The first-order valence-electron chi connectivity index (χ1n) is 8.41. The number of likely N-dealkylation sites (N-methyl/N-ethyl adjacent to an activating group) is 1. The van der Waals surface area contributed by atoms with E-state index in [0.29, 0.717) is 40.7 Å². The van der Waals surface area contributed by atoms with Crippen molar-refractivity contribution in [3.63, 3.8) is 0 Å². The van der Waals surface area contributed by atoms with Crippen LogP contribution in [0.2, 0.25) is 5.02 Å².